The van der Waals surface area contributed by atoms with Gasteiger partial charge in [0, 0.05) is 11.3 Å². The Morgan fingerprint density at radius 2 is 1.89 bits per heavy atom. The zero-order valence-electron chi connectivity index (χ0n) is 11.2. The van der Waals surface area contributed by atoms with Crippen molar-refractivity contribution < 1.29 is 9.50 Å². The maximum absolute atomic E-state index is 13.9. The third kappa shape index (κ3) is 3.12. The zero-order valence-corrected chi connectivity index (χ0v) is 11.2. The Kier molecular flexibility index (Phi) is 4.17. The fraction of sp³-hybridized carbons (Fsp3) is 0.250. The van der Waals surface area contributed by atoms with Crippen molar-refractivity contribution in [2.24, 2.45) is 0 Å². The SMILES string of the molecule is Cc1ccc(F)c(C(CO)Nc2ccccc2C)c1. The van der Waals surface area contributed by atoms with E-state index < -0.39 is 6.04 Å². The first-order valence-electron chi connectivity index (χ1n) is 6.31. The van der Waals surface area contributed by atoms with Gasteiger partial charge < -0.3 is 10.4 Å². The molecule has 0 aliphatic rings. The first-order valence-corrected chi connectivity index (χ1v) is 6.31. The number of aryl methyl sites for hydroxylation is 2. The summed E-state index contributed by atoms with van der Waals surface area (Å²) in [7, 11) is 0. The first kappa shape index (κ1) is 13.6. The van der Waals surface area contributed by atoms with Gasteiger partial charge in [-0.25, -0.2) is 4.39 Å². The molecule has 2 aromatic carbocycles. The number of rotatable bonds is 4. The summed E-state index contributed by atoms with van der Waals surface area (Å²) >= 11 is 0. The third-order valence-electron chi connectivity index (χ3n) is 3.18. The van der Waals surface area contributed by atoms with Crippen LogP contribution in [0, 0.1) is 19.7 Å². The molecule has 0 aliphatic carbocycles. The minimum absolute atomic E-state index is 0.158. The summed E-state index contributed by atoms with van der Waals surface area (Å²) in [4.78, 5) is 0. The van der Waals surface area contributed by atoms with Crippen LogP contribution in [0.3, 0.4) is 0 Å². The van der Waals surface area contributed by atoms with Gasteiger partial charge in [-0.3, -0.25) is 0 Å². The second kappa shape index (κ2) is 5.85. The molecule has 0 heterocycles. The number of aliphatic hydroxyl groups is 1. The van der Waals surface area contributed by atoms with E-state index >= 15 is 0 Å². The predicted molar refractivity (Wildman–Crippen MR) is 75.8 cm³/mol. The number of para-hydroxylation sites is 1. The number of benzene rings is 2. The van der Waals surface area contributed by atoms with E-state index in [9.17, 15) is 9.50 Å². The maximum Gasteiger partial charge on any atom is 0.128 e. The molecule has 0 spiro atoms. The van der Waals surface area contributed by atoms with E-state index in [0.29, 0.717) is 5.56 Å². The summed E-state index contributed by atoms with van der Waals surface area (Å²) in [5.41, 5.74) is 3.43. The van der Waals surface area contributed by atoms with Crippen molar-refractivity contribution in [2.75, 3.05) is 11.9 Å². The fourth-order valence-electron chi connectivity index (χ4n) is 2.07. The highest BCUT2D eigenvalue weighted by Gasteiger charge is 2.15. The Morgan fingerprint density at radius 1 is 1.16 bits per heavy atom. The quantitative estimate of drug-likeness (QED) is 0.879. The molecule has 0 amide bonds. The van der Waals surface area contributed by atoms with Gasteiger partial charge in [-0.1, -0.05) is 35.9 Å². The van der Waals surface area contributed by atoms with E-state index in [2.05, 4.69) is 5.32 Å². The number of halogens is 1. The molecule has 0 radical (unpaired) electrons. The highest BCUT2D eigenvalue weighted by atomic mass is 19.1. The molecule has 2 N–H and O–H groups in total. The molecule has 2 rings (SSSR count). The number of nitrogens with one attached hydrogen (secondary N) is 1. The Hall–Kier alpha value is -1.87. The highest BCUT2D eigenvalue weighted by molar-refractivity contribution is 5.52. The normalized spacial score (nSPS) is 12.2. The van der Waals surface area contributed by atoms with E-state index in [-0.39, 0.29) is 12.4 Å². The lowest BCUT2D eigenvalue weighted by atomic mass is 10.0. The summed E-state index contributed by atoms with van der Waals surface area (Å²) in [6.07, 6.45) is 0. The van der Waals surface area contributed by atoms with Gasteiger partial charge in [0.1, 0.15) is 5.82 Å². The average Bonchev–Trinajstić information content (AvgIpc) is 2.41. The molecule has 0 saturated heterocycles. The third-order valence-corrected chi connectivity index (χ3v) is 3.18. The van der Waals surface area contributed by atoms with Crippen LogP contribution in [0.1, 0.15) is 22.7 Å². The molecular formula is C16H18FNO. The lowest BCUT2D eigenvalue weighted by Crippen LogP contribution is -2.17. The van der Waals surface area contributed by atoms with Crippen LogP contribution in [-0.4, -0.2) is 11.7 Å². The van der Waals surface area contributed by atoms with Crippen LogP contribution in [0.15, 0.2) is 42.5 Å². The lowest BCUT2D eigenvalue weighted by Gasteiger charge is -2.20. The molecule has 19 heavy (non-hydrogen) atoms. The van der Waals surface area contributed by atoms with E-state index in [4.69, 9.17) is 0 Å². The van der Waals surface area contributed by atoms with Crippen molar-refractivity contribution in [2.45, 2.75) is 19.9 Å². The Morgan fingerprint density at radius 3 is 2.58 bits per heavy atom. The second-order valence-electron chi connectivity index (χ2n) is 4.72. The smallest absolute Gasteiger partial charge is 0.128 e. The molecule has 100 valence electrons. The predicted octanol–water partition coefficient (Wildman–Crippen LogP) is 3.59. The molecule has 0 saturated carbocycles. The van der Waals surface area contributed by atoms with Crippen molar-refractivity contribution >= 4 is 5.69 Å². The molecule has 0 aromatic heterocycles. The van der Waals surface area contributed by atoms with E-state index in [1.807, 2.05) is 38.1 Å². The molecule has 0 aliphatic heterocycles. The van der Waals surface area contributed by atoms with E-state index in [1.54, 1.807) is 12.1 Å². The van der Waals surface area contributed by atoms with E-state index in [1.165, 1.54) is 6.07 Å². The minimum atomic E-state index is -0.444. The molecule has 0 bridgehead atoms. The van der Waals surface area contributed by atoms with Gasteiger partial charge in [0.05, 0.1) is 12.6 Å². The van der Waals surface area contributed by atoms with Crippen LogP contribution in [0.25, 0.3) is 0 Å². The Labute approximate surface area is 112 Å². The summed E-state index contributed by atoms with van der Waals surface area (Å²) in [5.74, 6) is -0.300. The van der Waals surface area contributed by atoms with Crippen molar-refractivity contribution in [1.29, 1.82) is 0 Å². The average molecular weight is 259 g/mol. The van der Waals surface area contributed by atoms with Crippen LogP contribution in [-0.2, 0) is 0 Å². The van der Waals surface area contributed by atoms with Crippen molar-refractivity contribution in [3.63, 3.8) is 0 Å². The van der Waals surface area contributed by atoms with Gasteiger partial charge in [-0.05, 0) is 31.5 Å². The van der Waals surface area contributed by atoms with Crippen LogP contribution in [0.5, 0.6) is 0 Å². The van der Waals surface area contributed by atoms with Gasteiger partial charge >= 0.3 is 0 Å². The van der Waals surface area contributed by atoms with Crippen LogP contribution in [0.4, 0.5) is 10.1 Å². The fourth-order valence-corrected chi connectivity index (χ4v) is 2.07. The van der Waals surface area contributed by atoms with Gasteiger partial charge in [0.2, 0.25) is 0 Å². The molecule has 2 nitrogen and oxygen atoms in total. The standard InChI is InChI=1S/C16H18FNO/c1-11-7-8-14(17)13(9-11)16(10-19)18-15-6-4-3-5-12(15)2/h3-9,16,18-19H,10H2,1-2H3. The van der Waals surface area contributed by atoms with Gasteiger partial charge in [-0.15, -0.1) is 0 Å². The van der Waals surface area contributed by atoms with Crippen molar-refractivity contribution in [3.8, 4) is 0 Å². The summed E-state index contributed by atoms with van der Waals surface area (Å²) in [5, 5.41) is 12.7. The van der Waals surface area contributed by atoms with Crippen LogP contribution < -0.4 is 5.32 Å². The lowest BCUT2D eigenvalue weighted by molar-refractivity contribution is 0.274. The largest absolute Gasteiger partial charge is 0.394 e. The Balaban J connectivity index is 2.30. The van der Waals surface area contributed by atoms with E-state index in [0.717, 1.165) is 16.8 Å². The highest BCUT2D eigenvalue weighted by Crippen LogP contribution is 2.24. The molecule has 3 heteroatoms. The Bertz CT molecular complexity index is 568. The van der Waals surface area contributed by atoms with Crippen molar-refractivity contribution in [3.05, 3.63) is 65.0 Å². The monoisotopic (exact) mass is 259 g/mol. The number of anilines is 1. The number of hydrogen-bond acceptors (Lipinski definition) is 2. The van der Waals surface area contributed by atoms with Gasteiger partial charge in [-0.2, -0.15) is 0 Å². The molecule has 1 unspecified atom stereocenters. The van der Waals surface area contributed by atoms with Crippen LogP contribution >= 0.6 is 0 Å². The maximum atomic E-state index is 13.9. The molecule has 0 fully saturated rings. The van der Waals surface area contributed by atoms with Crippen LogP contribution in [0.2, 0.25) is 0 Å². The van der Waals surface area contributed by atoms with Crippen molar-refractivity contribution in [1.82, 2.24) is 0 Å². The summed E-state index contributed by atoms with van der Waals surface area (Å²) in [6, 6.07) is 12.2. The van der Waals surface area contributed by atoms with Gasteiger partial charge in [0.25, 0.3) is 0 Å². The molecular weight excluding hydrogens is 241 g/mol. The summed E-state index contributed by atoms with van der Waals surface area (Å²) in [6.45, 7) is 3.73. The number of aliphatic hydroxyl groups excluding tert-OH is 1. The topological polar surface area (TPSA) is 32.3 Å². The molecule has 2 aromatic rings. The molecule has 1 atom stereocenters. The van der Waals surface area contributed by atoms with Gasteiger partial charge in [0.15, 0.2) is 0 Å². The number of hydrogen-bond donors (Lipinski definition) is 2. The second-order valence-corrected chi connectivity index (χ2v) is 4.72. The summed E-state index contributed by atoms with van der Waals surface area (Å²) < 4.78 is 13.9. The minimum Gasteiger partial charge on any atom is -0.394 e. The first-order chi connectivity index (χ1) is 9.11. The zero-order chi connectivity index (χ0) is 13.8.